The minimum absolute atomic E-state index is 0.127. The third-order valence-corrected chi connectivity index (χ3v) is 2.46. The molecule has 0 aliphatic heterocycles. The molecule has 0 bridgehead atoms. The molecule has 13 heavy (non-hydrogen) atoms. The minimum Gasteiger partial charge on any atom is -0.507 e. The molecule has 70 valence electrons. The average Bonchev–Trinajstić information content (AvgIpc) is 2.08. The molecule has 1 aromatic rings. The summed E-state index contributed by atoms with van der Waals surface area (Å²) >= 11 is 1.91. The highest BCUT2D eigenvalue weighted by Gasteiger charge is 2.14. The van der Waals surface area contributed by atoms with E-state index in [1.807, 2.05) is 22.6 Å². The number of nitrogens with two attached hydrogens (primary N) is 1. The summed E-state index contributed by atoms with van der Waals surface area (Å²) in [6.07, 6.45) is 0. The molecule has 0 unspecified atom stereocenters. The van der Waals surface area contributed by atoms with E-state index in [0.29, 0.717) is 9.13 Å². The van der Waals surface area contributed by atoms with Crippen LogP contribution in [0.4, 0.5) is 0 Å². The Morgan fingerprint density at radius 2 is 2.15 bits per heavy atom. The number of phenolic OH excluding ortho intramolecular Hbond substituents is 1. The molecule has 1 rings (SSSR count). The van der Waals surface area contributed by atoms with Gasteiger partial charge in [-0.2, -0.15) is 0 Å². The van der Waals surface area contributed by atoms with Gasteiger partial charge < -0.3 is 15.9 Å². The molecule has 0 fully saturated rings. The molecule has 4 N–H and O–H groups in total. The van der Waals surface area contributed by atoms with Gasteiger partial charge in [-0.1, -0.05) is 6.07 Å². The van der Waals surface area contributed by atoms with Gasteiger partial charge in [0.2, 0.25) is 0 Å². The van der Waals surface area contributed by atoms with Crippen molar-refractivity contribution in [3.05, 3.63) is 27.3 Å². The van der Waals surface area contributed by atoms with Gasteiger partial charge in [-0.3, -0.25) is 4.79 Å². The van der Waals surface area contributed by atoms with Crippen molar-refractivity contribution in [2.75, 3.05) is 0 Å². The lowest BCUT2D eigenvalue weighted by Crippen LogP contribution is -2.20. The zero-order valence-electron chi connectivity index (χ0n) is 6.57. The number of halogens is 1. The van der Waals surface area contributed by atoms with Crippen LogP contribution >= 0.6 is 22.6 Å². The van der Waals surface area contributed by atoms with E-state index in [4.69, 9.17) is 15.9 Å². The first-order valence-electron chi connectivity index (χ1n) is 3.49. The third-order valence-electron chi connectivity index (χ3n) is 1.60. The molecular weight excluding hydrogens is 285 g/mol. The molecule has 1 aromatic carbocycles. The fourth-order valence-corrected chi connectivity index (χ4v) is 1.40. The van der Waals surface area contributed by atoms with E-state index in [2.05, 4.69) is 0 Å². The fraction of sp³-hybridized carbons (Fsp3) is 0.125. The van der Waals surface area contributed by atoms with Gasteiger partial charge in [-0.15, -0.1) is 0 Å². The first-order valence-corrected chi connectivity index (χ1v) is 4.57. The van der Waals surface area contributed by atoms with Gasteiger partial charge >= 0.3 is 5.97 Å². The molecule has 0 saturated heterocycles. The Labute approximate surface area is 88.5 Å². The highest BCUT2D eigenvalue weighted by molar-refractivity contribution is 14.1. The quantitative estimate of drug-likeness (QED) is 0.712. The Bertz CT molecular complexity index is 340. The Morgan fingerprint density at radius 1 is 1.54 bits per heavy atom. The normalized spacial score (nSPS) is 12.5. The van der Waals surface area contributed by atoms with E-state index >= 15 is 0 Å². The fourth-order valence-electron chi connectivity index (χ4n) is 0.859. The highest BCUT2D eigenvalue weighted by atomic mass is 127. The van der Waals surface area contributed by atoms with Gasteiger partial charge in [0.05, 0.1) is 3.57 Å². The Hall–Kier alpha value is -0.820. The maximum atomic E-state index is 10.5. The molecule has 5 heteroatoms. The molecule has 4 nitrogen and oxygen atoms in total. The number of carbonyl (C=O) groups is 1. The molecule has 0 aliphatic carbocycles. The summed E-state index contributed by atoms with van der Waals surface area (Å²) in [6.45, 7) is 0. The van der Waals surface area contributed by atoms with E-state index in [0.717, 1.165) is 0 Å². The molecule has 0 saturated carbocycles. The molecular formula is C8H8INO3. The van der Waals surface area contributed by atoms with Gasteiger partial charge in [0, 0.05) is 0 Å². The van der Waals surface area contributed by atoms with Gasteiger partial charge in [-0.25, -0.2) is 0 Å². The Morgan fingerprint density at radius 3 is 2.62 bits per heavy atom. The predicted octanol–water partition coefficient (Wildman–Crippen LogP) is 1.08. The van der Waals surface area contributed by atoms with Crippen molar-refractivity contribution in [2.45, 2.75) is 6.04 Å². The van der Waals surface area contributed by atoms with Crippen molar-refractivity contribution in [1.29, 1.82) is 0 Å². The van der Waals surface area contributed by atoms with Crippen LogP contribution in [0.25, 0.3) is 0 Å². The van der Waals surface area contributed by atoms with Crippen LogP contribution in [0.1, 0.15) is 11.6 Å². The molecule has 0 radical (unpaired) electrons. The zero-order valence-corrected chi connectivity index (χ0v) is 8.72. The largest absolute Gasteiger partial charge is 0.507 e. The highest BCUT2D eigenvalue weighted by Crippen LogP contribution is 2.22. The minimum atomic E-state index is -1.08. The SMILES string of the molecule is N[C@@H](C(=O)O)c1ccc(O)c(I)c1. The van der Waals surface area contributed by atoms with Gasteiger partial charge in [0.15, 0.2) is 0 Å². The lowest BCUT2D eigenvalue weighted by atomic mass is 10.1. The third kappa shape index (κ3) is 2.31. The van der Waals surface area contributed by atoms with Gasteiger partial charge in [-0.05, 0) is 40.3 Å². The Kier molecular flexibility index (Phi) is 3.10. The van der Waals surface area contributed by atoms with E-state index in [-0.39, 0.29) is 5.75 Å². The number of rotatable bonds is 2. The maximum absolute atomic E-state index is 10.5. The van der Waals surface area contributed by atoms with Gasteiger partial charge in [0.1, 0.15) is 11.8 Å². The van der Waals surface area contributed by atoms with Gasteiger partial charge in [0.25, 0.3) is 0 Å². The number of phenols is 1. The molecule has 1 atom stereocenters. The number of hydrogen-bond acceptors (Lipinski definition) is 3. The first kappa shape index (κ1) is 10.3. The van der Waals surface area contributed by atoms with Crippen molar-refractivity contribution in [3.8, 4) is 5.75 Å². The predicted molar refractivity (Wildman–Crippen MR) is 55.4 cm³/mol. The van der Waals surface area contributed by atoms with Crippen molar-refractivity contribution in [1.82, 2.24) is 0 Å². The smallest absolute Gasteiger partial charge is 0.325 e. The van der Waals surface area contributed by atoms with E-state index in [9.17, 15) is 4.79 Å². The molecule has 0 amide bonds. The van der Waals surface area contributed by atoms with E-state index in [1.165, 1.54) is 12.1 Å². The summed E-state index contributed by atoms with van der Waals surface area (Å²) in [6, 6.07) is 3.44. The second-order valence-corrected chi connectivity index (χ2v) is 3.69. The first-order chi connectivity index (χ1) is 6.02. The number of benzene rings is 1. The summed E-state index contributed by atoms with van der Waals surface area (Å²) in [5.41, 5.74) is 5.85. The number of aromatic hydroxyl groups is 1. The summed E-state index contributed by atoms with van der Waals surface area (Å²) in [5, 5.41) is 17.8. The van der Waals surface area contributed by atoms with Crippen molar-refractivity contribution in [2.24, 2.45) is 5.73 Å². The van der Waals surface area contributed by atoms with Crippen LogP contribution in [0, 0.1) is 3.57 Å². The standard InChI is InChI=1S/C8H8INO3/c9-5-3-4(1-2-6(5)11)7(10)8(12)13/h1-3,7,11H,10H2,(H,12,13)/t7-/m1/s1. The maximum Gasteiger partial charge on any atom is 0.325 e. The van der Waals surface area contributed by atoms with E-state index in [1.54, 1.807) is 6.07 Å². The second-order valence-electron chi connectivity index (χ2n) is 2.53. The van der Waals surface area contributed by atoms with Crippen LogP contribution in [-0.4, -0.2) is 16.2 Å². The molecule has 0 aromatic heterocycles. The topological polar surface area (TPSA) is 83.6 Å². The second kappa shape index (κ2) is 3.93. The Balaban J connectivity index is 3.03. The average molecular weight is 293 g/mol. The summed E-state index contributed by atoms with van der Waals surface area (Å²) < 4.78 is 0.590. The van der Waals surface area contributed by atoms with Crippen molar-refractivity contribution >= 4 is 28.6 Å². The summed E-state index contributed by atoms with van der Waals surface area (Å²) in [7, 11) is 0. The number of aliphatic carboxylic acids is 1. The monoisotopic (exact) mass is 293 g/mol. The number of hydrogen-bond donors (Lipinski definition) is 3. The van der Waals surface area contributed by atoms with Crippen LogP contribution in [0.15, 0.2) is 18.2 Å². The van der Waals surface area contributed by atoms with Crippen molar-refractivity contribution < 1.29 is 15.0 Å². The molecule has 0 spiro atoms. The number of carboxylic acid groups (broad SMARTS) is 1. The van der Waals surface area contributed by atoms with E-state index < -0.39 is 12.0 Å². The molecule has 0 aliphatic rings. The summed E-state index contributed by atoms with van der Waals surface area (Å²) in [4.78, 5) is 10.5. The summed E-state index contributed by atoms with van der Waals surface area (Å²) in [5.74, 6) is -0.955. The van der Waals surface area contributed by atoms with Crippen molar-refractivity contribution in [3.63, 3.8) is 0 Å². The lowest BCUT2D eigenvalue weighted by Gasteiger charge is -2.07. The van der Waals surface area contributed by atoms with Crippen LogP contribution in [0.5, 0.6) is 5.75 Å². The van der Waals surface area contributed by atoms with Crippen LogP contribution in [0.2, 0.25) is 0 Å². The van der Waals surface area contributed by atoms with Crippen LogP contribution in [0.3, 0.4) is 0 Å². The lowest BCUT2D eigenvalue weighted by molar-refractivity contribution is -0.138. The molecule has 0 heterocycles. The van der Waals surface area contributed by atoms with Crippen LogP contribution in [-0.2, 0) is 4.79 Å². The number of carboxylic acids is 1. The zero-order chi connectivity index (χ0) is 10.0. The van der Waals surface area contributed by atoms with Crippen LogP contribution < -0.4 is 5.73 Å².